The summed E-state index contributed by atoms with van der Waals surface area (Å²) in [5.74, 6) is 1.01. The Labute approximate surface area is 159 Å². The summed E-state index contributed by atoms with van der Waals surface area (Å²) in [7, 11) is 1.79. The lowest BCUT2D eigenvalue weighted by molar-refractivity contribution is 0.276. The van der Waals surface area contributed by atoms with E-state index in [9.17, 15) is 0 Å². The molecule has 3 rings (SSSR count). The van der Waals surface area contributed by atoms with Crippen molar-refractivity contribution in [2.45, 2.75) is 59.3 Å². The van der Waals surface area contributed by atoms with E-state index in [1.54, 1.807) is 7.11 Å². The maximum Gasteiger partial charge on any atom is 0.122 e. The van der Waals surface area contributed by atoms with Gasteiger partial charge in [-0.1, -0.05) is 77.1 Å². The quantitative estimate of drug-likeness (QED) is 0.594. The van der Waals surface area contributed by atoms with Crippen molar-refractivity contribution in [1.82, 2.24) is 0 Å². The lowest BCUT2D eigenvalue weighted by Gasteiger charge is -2.35. The zero-order valence-corrected chi connectivity index (χ0v) is 17.1. The fourth-order valence-corrected chi connectivity index (χ4v) is 4.80. The minimum atomic E-state index is 0.0496. The highest BCUT2D eigenvalue weighted by Crippen LogP contribution is 2.43. The summed E-state index contributed by atoms with van der Waals surface area (Å²) in [6.07, 6.45) is 7.67. The highest BCUT2D eigenvalue weighted by Gasteiger charge is 2.32. The first-order chi connectivity index (χ1) is 12.2. The van der Waals surface area contributed by atoms with Gasteiger partial charge in [0.2, 0.25) is 0 Å². The van der Waals surface area contributed by atoms with E-state index in [1.165, 1.54) is 27.8 Å². The maximum absolute atomic E-state index is 5.80. The standard InChI is InChI=1S/C25H32O/c1-24(2,3)17-25(4,5)23-20(13-9-15-22(23)26-6)16-19-12-7-10-18-11-8-14-21(18)19/h7-10,12-15H,11,16-17H2,1-6H3. The van der Waals surface area contributed by atoms with Gasteiger partial charge in [0.15, 0.2) is 0 Å². The van der Waals surface area contributed by atoms with Crippen molar-refractivity contribution < 1.29 is 4.74 Å². The zero-order valence-electron chi connectivity index (χ0n) is 17.1. The molecule has 0 N–H and O–H groups in total. The fraction of sp³-hybridized carbons (Fsp3) is 0.440. The smallest absolute Gasteiger partial charge is 0.122 e. The van der Waals surface area contributed by atoms with E-state index >= 15 is 0 Å². The molecular formula is C25H32O. The number of hydrogen-bond acceptors (Lipinski definition) is 1. The van der Waals surface area contributed by atoms with Crippen LogP contribution in [-0.2, 0) is 18.3 Å². The molecular weight excluding hydrogens is 316 g/mol. The molecule has 0 saturated carbocycles. The van der Waals surface area contributed by atoms with Crippen molar-refractivity contribution in [1.29, 1.82) is 0 Å². The van der Waals surface area contributed by atoms with E-state index in [0.717, 1.165) is 25.0 Å². The van der Waals surface area contributed by atoms with Crippen LogP contribution in [0.1, 0.15) is 68.9 Å². The van der Waals surface area contributed by atoms with Crippen LogP contribution in [0.2, 0.25) is 0 Å². The largest absolute Gasteiger partial charge is 0.496 e. The van der Waals surface area contributed by atoms with E-state index in [2.05, 4.69) is 83.2 Å². The molecule has 0 atom stereocenters. The van der Waals surface area contributed by atoms with Crippen molar-refractivity contribution in [2.75, 3.05) is 7.11 Å². The minimum absolute atomic E-state index is 0.0496. The lowest BCUT2D eigenvalue weighted by atomic mass is 9.70. The van der Waals surface area contributed by atoms with E-state index < -0.39 is 0 Å². The third-order valence-corrected chi connectivity index (χ3v) is 5.27. The van der Waals surface area contributed by atoms with Gasteiger partial charge in [0.05, 0.1) is 7.11 Å². The van der Waals surface area contributed by atoms with Crippen LogP contribution in [0.4, 0.5) is 0 Å². The molecule has 0 radical (unpaired) electrons. The van der Waals surface area contributed by atoms with Crippen molar-refractivity contribution in [3.8, 4) is 5.75 Å². The van der Waals surface area contributed by atoms with Crippen LogP contribution in [0, 0.1) is 5.41 Å². The number of hydrogen-bond donors (Lipinski definition) is 0. The summed E-state index contributed by atoms with van der Waals surface area (Å²) < 4.78 is 5.80. The molecule has 1 aliphatic carbocycles. The third-order valence-electron chi connectivity index (χ3n) is 5.27. The predicted molar refractivity (Wildman–Crippen MR) is 112 cm³/mol. The number of allylic oxidation sites excluding steroid dienone is 1. The molecule has 0 fully saturated rings. The first kappa shape index (κ1) is 18.8. The molecule has 138 valence electrons. The topological polar surface area (TPSA) is 9.23 Å². The van der Waals surface area contributed by atoms with Crippen molar-refractivity contribution in [3.63, 3.8) is 0 Å². The Bertz CT molecular complexity index is 819. The first-order valence-corrected chi connectivity index (χ1v) is 9.65. The maximum atomic E-state index is 5.80. The molecule has 1 heteroatoms. The molecule has 1 aliphatic rings. The lowest BCUT2D eigenvalue weighted by Crippen LogP contribution is -2.27. The summed E-state index contributed by atoms with van der Waals surface area (Å²) in [6, 6.07) is 13.2. The van der Waals surface area contributed by atoms with Gasteiger partial charge >= 0.3 is 0 Å². The molecule has 0 aromatic heterocycles. The Morgan fingerprint density at radius 2 is 1.62 bits per heavy atom. The normalized spacial score (nSPS) is 13.8. The van der Waals surface area contributed by atoms with E-state index in [0.29, 0.717) is 0 Å². The Morgan fingerprint density at radius 3 is 2.31 bits per heavy atom. The second kappa shape index (κ2) is 6.95. The first-order valence-electron chi connectivity index (χ1n) is 9.65. The Balaban J connectivity index is 2.06. The van der Waals surface area contributed by atoms with Crippen molar-refractivity contribution in [2.24, 2.45) is 5.41 Å². The molecule has 1 nitrogen and oxygen atoms in total. The second-order valence-corrected chi connectivity index (χ2v) is 9.39. The van der Waals surface area contributed by atoms with Gasteiger partial charge in [0, 0.05) is 5.56 Å². The second-order valence-electron chi connectivity index (χ2n) is 9.39. The fourth-order valence-electron chi connectivity index (χ4n) is 4.80. The van der Waals surface area contributed by atoms with Gasteiger partial charge in [-0.25, -0.2) is 0 Å². The van der Waals surface area contributed by atoms with Crippen LogP contribution in [0.5, 0.6) is 5.75 Å². The Kier molecular flexibility index (Phi) is 5.01. The molecule has 0 aliphatic heterocycles. The van der Waals surface area contributed by atoms with Gasteiger partial charge in [-0.2, -0.15) is 0 Å². The van der Waals surface area contributed by atoms with Gasteiger partial charge < -0.3 is 4.74 Å². The zero-order chi connectivity index (χ0) is 18.9. The molecule has 2 aromatic carbocycles. The Morgan fingerprint density at radius 1 is 0.923 bits per heavy atom. The monoisotopic (exact) mass is 348 g/mol. The SMILES string of the molecule is COc1cccc(Cc2cccc3c2C=CC3)c1C(C)(C)CC(C)(C)C. The van der Waals surface area contributed by atoms with Crippen LogP contribution in [-0.4, -0.2) is 7.11 Å². The summed E-state index contributed by atoms with van der Waals surface area (Å²) in [4.78, 5) is 0. The number of methoxy groups -OCH3 is 1. The number of fused-ring (bicyclic) bond motifs is 1. The molecule has 0 bridgehead atoms. The van der Waals surface area contributed by atoms with Crippen LogP contribution < -0.4 is 4.74 Å². The average molecular weight is 349 g/mol. The van der Waals surface area contributed by atoms with Crippen molar-refractivity contribution >= 4 is 6.08 Å². The van der Waals surface area contributed by atoms with Crippen molar-refractivity contribution in [3.05, 3.63) is 70.3 Å². The summed E-state index contributed by atoms with van der Waals surface area (Å²) in [5.41, 5.74) is 7.32. The summed E-state index contributed by atoms with van der Waals surface area (Å²) in [5, 5.41) is 0. The van der Waals surface area contributed by atoms with Crippen LogP contribution in [0.3, 0.4) is 0 Å². The summed E-state index contributed by atoms with van der Waals surface area (Å²) in [6.45, 7) is 11.7. The Hall–Kier alpha value is -2.02. The highest BCUT2D eigenvalue weighted by atomic mass is 16.5. The summed E-state index contributed by atoms with van der Waals surface area (Å²) >= 11 is 0. The molecule has 2 aromatic rings. The highest BCUT2D eigenvalue weighted by molar-refractivity contribution is 5.64. The van der Waals surface area contributed by atoms with Crippen LogP contribution >= 0.6 is 0 Å². The van der Waals surface area contributed by atoms with Gasteiger partial charge in [0.1, 0.15) is 5.75 Å². The van der Waals surface area contributed by atoms with Gasteiger partial charge in [0.25, 0.3) is 0 Å². The van der Waals surface area contributed by atoms with Crippen LogP contribution in [0.25, 0.3) is 6.08 Å². The molecule has 0 amide bonds. The van der Waals surface area contributed by atoms with E-state index in [4.69, 9.17) is 4.74 Å². The van der Waals surface area contributed by atoms with Gasteiger partial charge in [-0.3, -0.25) is 0 Å². The number of benzene rings is 2. The predicted octanol–water partition coefficient (Wildman–Crippen LogP) is 6.57. The minimum Gasteiger partial charge on any atom is -0.496 e. The van der Waals surface area contributed by atoms with E-state index in [1.807, 2.05) is 0 Å². The average Bonchev–Trinajstić information content (AvgIpc) is 3.02. The third kappa shape index (κ3) is 3.87. The molecule has 0 spiro atoms. The number of rotatable bonds is 5. The van der Waals surface area contributed by atoms with E-state index in [-0.39, 0.29) is 10.8 Å². The molecule has 0 saturated heterocycles. The molecule has 0 heterocycles. The van der Waals surface area contributed by atoms with Gasteiger partial charge in [-0.05, 0) is 58.4 Å². The molecule has 26 heavy (non-hydrogen) atoms. The number of ether oxygens (including phenoxy) is 1. The van der Waals surface area contributed by atoms with Crippen LogP contribution in [0.15, 0.2) is 42.5 Å². The van der Waals surface area contributed by atoms with Gasteiger partial charge in [-0.15, -0.1) is 0 Å². The molecule has 0 unspecified atom stereocenters.